The molecule has 0 radical (unpaired) electrons. The smallest absolute Gasteiger partial charge is 0.138 e. The first kappa shape index (κ1) is 14.6. The van der Waals surface area contributed by atoms with Gasteiger partial charge in [-0.15, -0.1) is 11.8 Å². The molecule has 1 aromatic heterocycles. The Hall–Kier alpha value is -1.83. The first-order valence-corrected chi connectivity index (χ1v) is 7.19. The Bertz CT molecular complexity index is 619. The van der Waals surface area contributed by atoms with Crippen molar-refractivity contribution in [2.75, 3.05) is 6.61 Å². The number of benzene rings is 1. The molecule has 0 amide bonds. The Balaban J connectivity index is 2.06. The molecule has 0 aliphatic heterocycles. The van der Waals surface area contributed by atoms with E-state index in [-0.39, 0.29) is 12.4 Å². The monoisotopic (exact) mass is 287 g/mol. The summed E-state index contributed by atoms with van der Waals surface area (Å²) in [6.45, 7) is -0.00773. The van der Waals surface area contributed by atoms with Gasteiger partial charge in [0.1, 0.15) is 5.82 Å². The largest absolute Gasteiger partial charge is 0.395 e. The van der Waals surface area contributed by atoms with Gasteiger partial charge in [0.15, 0.2) is 0 Å². The number of pyridine rings is 1. The molecule has 1 N–H and O–H groups in total. The Labute approximate surface area is 122 Å². The zero-order valence-electron chi connectivity index (χ0n) is 10.8. The van der Waals surface area contributed by atoms with Crippen LogP contribution in [0, 0.1) is 17.7 Å². The molecule has 1 aromatic carbocycles. The molecule has 2 aromatic rings. The molecule has 0 saturated heterocycles. The van der Waals surface area contributed by atoms with Gasteiger partial charge in [-0.1, -0.05) is 17.9 Å². The van der Waals surface area contributed by atoms with Gasteiger partial charge in [-0.25, -0.2) is 4.39 Å². The quantitative estimate of drug-likeness (QED) is 0.692. The van der Waals surface area contributed by atoms with Crippen molar-refractivity contribution >= 4 is 11.8 Å². The summed E-state index contributed by atoms with van der Waals surface area (Å²) in [6, 6.07) is 8.84. The summed E-state index contributed by atoms with van der Waals surface area (Å²) in [7, 11) is 0. The van der Waals surface area contributed by atoms with E-state index in [1.54, 1.807) is 36.3 Å². The summed E-state index contributed by atoms with van der Waals surface area (Å²) in [5.41, 5.74) is 1.40. The number of thioether (sulfide) groups is 1. The van der Waals surface area contributed by atoms with E-state index in [0.29, 0.717) is 12.0 Å². The highest BCUT2D eigenvalue weighted by atomic mass is 32.2. The molecule has 102 valence electrons. The Morgan fingerprint density at radius 1 is 1.20 bits per heavy atom. The van der Waals surface area contributed by atoms with Gasteiger partial charge < -0.3 is 5.11 Å². The zero-order chi connectivity index (χ0) is 14.2. The predicted molar refractivity (Wildman–Crippen MR) is 78.8 cm³/mol. The molecule has 0 aliphatic rings. The van der Waals surface area contributed by atoms with Crippen molar-refractivity contribution < 1.29 is 9.50 Å². The molecule has 0 bridgehead atoms. The number of halogens is 1. The Kier molecular flexibility index (Phi) is 5.60. The van der Waals surface area contributed by atoms with Crippen molar-refractivity contribution in [1.82, 2.24) is 4.98 Å². The second-order valence-electron chi connectivity index (χ2n) is 4.06. The van der Waals surface area contributed by atoms with E-state index < -0.39 is 0 Å². The van der Waals surface area contributed by atoms with Crippen molar-refractivity contribution in [3.63, 3.8) is 0 Å². The molecular formula is C16H14FNOS. The van der Waals surface area contributed by atoms with E-state index in [4.69, 9.17) is 5.11 Å². The predicted octanol–water partition coefficient (Wildman–Crippen LogP) is 3.25. The van der Waals surface area contributed by atoms with Crippen LogP contribution in [0.1, 0.15) is 17.5 Å². The Morgan fingerprint density at radius 3 is 2.75 bits per heavy atom. The third-order valence-electron chi connectivity index (χ3n) is 2.55. The molecular weight excluding hydrogens is 273 g/mol. The maximum atomic E-state index is 13.6. The fourth-order valence-corrected chi connectivity index (χ4v) is 2.40. The van der Waals surface area contributed by atoms with Crippen LogP contribution < -0.4 is 0 Å². The fraction of sp³-hybridized carbons (Fsp3) is 0.188. The van der Waals surface area contributed by atoms with Crippen molar-refractivity contribution in [2.45, 2.75) is 17.1 Å². The summed E-state index contributed by atoms with van der Waals surface area (Å²) in [5.74, 6) is 5.91. The minimum atomic E-state index is -0.326. The summed E-state index contributed by atoms with van der Waals surface area (Å²) in [4.78, 5) is 5.09. The van der Waals surface area contributed by atoms with E-state index in [9.17, 15) is 4.39 Å². The highest BCUT2D eigenvalue weighted by Crippen LogP contribution is 2.22. The van der Waals surface area contributed by atoms with E-state index in [0.717, 1.165) is 16.2 Å². The average molecular weight is 287 g/mol. The van der Waals surface area contributed by atoms with Crippen LogP contribution in [0.5, 0.6) is 0 Å². The van der Waals surface area contributed by atoms with Gasteiger partial charge in [-0.2, -0.15) is 0 Å². The second kappa shape index (κ2) is 7.68. The number of aromatic nitrogens is 1. The van der Waals surface area contributed by atoms with Gasteiger partial charge in [-0.05, 0) is 29.8 Å². The molecule has 0 spiro atoms. The number of rotatable bonds is 4. The van der Waals surface area contributed by atoms with Gasteiger partial charge in [0, 0.05) is 29.5 Å². The first-order chi connectivity index (χ1) is 9.79. The van der Waals surface area contributed by atoms with Gasteiger partial charge in [-0.3, -0.25) is 4.98 Å². The lowest BCUT2D eigenvalue weighted by Gasteiger charge is -2.03. The van der Waals surface area contributed by atoms with Crippen molar-refractivity contribution in [2.24, 2.45) is 0 Å². The molecule has 0 unspecified atom stereocenters. The third-order valence-corrected chi connectivity index (χ3v) is 3.63. The van der Waals surface area contributed by atoms with Crippen LogP contribution in [-0.2, 0) is 5.75 Å². The molecule has 0 saturated carbocycles. The van der Waals surface area contributed by atoms with Gasteiger partial charge in [0.2, 0.25) is 0 Å². The van der Waals surface area contributed by atoms with E-state index in [2.05, 4.69) is 16.8 Å². The number of hydrogen-bond acceptors (Lipinski definition) is 3. The van der Waals surface area contributed by atoms with Crippen LogP contribution in [-0.4, -0.2) is 16.7 Å². The van der Waals surface area contributed by atoms with Crippen LogP contribution >= 0.6 is 11.8 Å². The highest BCUT2D eigenvalue weighted by molar-refractivity contribution is 7.98. The zero-order valence-corrected chi connectivity index (χ0v) is 11.7. The molecule has 20 heavy (non-hydrogen) atoms. The first-order valence-electron chi connectivity index (χ1n) is 6.20. The number of aliphatic hydroxyl groups is 1. The number of hydrogen-bond donors (Lipinski definition) is 1. The standard InChI is InChI=1S/C16H14FNOS/c17-16-5-4-13(11-14(16)3-1-2-10-19)12-20-15-6-8-18-9-7-15/h4-9,11,19H,2,10,12H2. The minimum absolute atomic E-state index is 0.00773. The number of nitrogens with zero attached hydrogens (tertiary/aromatic N) is 1. The van der Waals surface area contributed by atoms with Crippen LogP contribution in [0.4, 0.5) is 4.39 Å². The lowest BCUT2D eigenvalue weighted by atomic mass is 10.1. The lowest BCUT2D eigenvalue weighted by Crippen LogP contribution is -1.88. The minimum Gasteiger partial charge on any atom is -0.395 e. The maximum Gasteiger partial charge on any atom is 0.138 e. The van der Waals surface area contributed by atoms with Crippen molar-refractivity contribution in [3.05, 3.63) is 59.7 Å². The summed E-state index contributed by atoms with van der Waals surface area (Å²) < 4.78 is 13.6. The van der Waals surface area contributed by atoms with E-state index in [1.807, 2.05) is 12.1 Å². The van der Waals surface area contributed by atoms with Gasteiger partial charge in [0.25, 0.3) is 0 Å². The van der Waals surface area contributed by atoms with Gasteiger partial charge in [0.05, 0.1) is 12.2 Å². The molecule has 1 heterocycles. The molecule has 2 rings (SSSR count). The van der Waals surface area contributed by atoms with Crippen LogP contribution in [0.15, 0.2) is 47.6 Å². The maximum absolute atomic E-state index is 13.6. The van der Waals surface area contributed by atoms with Crippen LogP contribution in [0.3, 0.4) is 0 Å². The van der Waals surface area contributed by atoms with Crippen LogP contribution in [0.2, 0.25) is 0 Å². The topological polar surface area (TPSA) is 33.1 Å². The van der Waals surface area contributed by atoms with Crippen molar-refractivity contribution in [1.29, 1.82) is 0 Å². The SMILES string of the molecule is OCCC#Cc1cc(CSc2ccncc2)ccc1F. The molecule has 0 aliphatic carbocycles. The Morgan fingerprint density at radius 2 is 2.00 bits per heavy atom. The summed E-state index contributed by atoms with van der Waals surface area (Å²) in [5, 5.41) is 8.67. The van der Waals surface area contributed by atoms with Crippen molar-refractivity contribution in [3.8, 4) is 11.8 Å². The summed E-state index contributed by atoms with van der Waals surface area (Å²) >= 11 is 1.67. The molecule has 4 heteroatoms. The van der Waals surface area contributed by atoms with Crippen LogP contribution in [0.25, 0.3) is 0 Å². The summed E-state index contributed by atoms with van der Waals surface area (Å²) in [6.07, 6.45) is 3.85. The molecule has 0 atom stereocenters. The van der Waals surface area contributed by atoms with Gasteiger partial charge >= 0.3 is 0 Å². The average Bonchev–Trinajstić information content (AvgIpc) is 2.49. The highest BCUT2D eigenvalue weighted by Gasteiger charge is 2.02. The third kappa shape index (κ3) is 4.37. The second-order valence-corrected chi connectivity index (χ2v) is 5.11. The van der Waals surface area contributed by atoms with E-state index >= 15 is 0 Å². The molecule has 2 nitrogen and oxygen atoms in total. The normalized spacial score (nSPS) is 9.90. The molecule has 0 fully saturated rings. The number of aliphatic hydroxyl groups excluding tert-OH is 1. The van der Waals surface area contributed by atoms with E-state index in [1.165, 1.54) is 6.07 Å². The lowest BCUT2D eigenvalue weighted by molar-refractivity contribution is 0.305. The fourth-order valence-electron chi connectivity index (χ4n) is 1.57.